The summed E-state index contributed by atoms with van der Waals surface area (Å²) in [5.74, 6) is -1.07. The van der Waals surface area contributed by atoms with Gasteiger partial charge >= 0.3 is 6.03 Å². The number of benzene rings is 2. The maximum absolute atomic E-state index is 13.1. The third-order valence-electron chi connectivity index (χ3n) is 4.89. The summed E-state index contributed by atoms with van der Waals surface area (Å²) in [5.41, 5.74) is 1.89. The molecule has 4 rings (SSSR count). The highest BCUT2D eigenvalue weighted by molar-refractivity contribution is 6.39. The van der Waals surface area contributed by atoms with Gasteiger partial charge in [0.05, 0.1) is 12.8 Å². The predicted octanol–water partition coefficient (Wildman–Crippen LogP) is 3.34. The van der Waals surface area contributed by atoms with Crippen molar-refractivity contribution in [2.24, 2.45) is 0 Å². The molecule has 0 bridgehead atoms. The van der Waals surface area contributed by atoms with Gasteiger partial charge in [0, 0.05) is 29.2 Å². The summed E-state index contributed by atoms with van der Waals surface area (Å²) in [4.78, 5) is 39.0. The van der Waals surface area contributed by atoms with Crippen LogP contribution in [0.3, 0.4) is 0 Å². The largest absolute Gasteiger partial charge is 0.495 e. The second kappa shape index (κ2) is 7.27. The van der Waals surface area contributed by atoms with Crippen molar-refractivity contribution in [3.05, 3.63) is 65.9 Å². The first kappa shape index (κ1) is 18.5. The van der Waals surface area contributed by atoms with E-state index in [9.17, 15) is 14.4 Å². The Kier molecular flexibility index (Phi) is 4.64. The van der Waals surface area contributed by atoms with E-state index in [2.05, 4.69) is 5.32 Å². The Hall–Kier alpha value is -3.87. The number of hydrogen-bond acceptors (Lipinski definition) is 4. The number of carbonyl (C=O) groups excluding carboxylic acids is 3. The van der Waals surface area contributed by atoms with Crippen molar-refractivity contribution in [2.75, 3.05) is 12.0 Å². The Morgan fingerprint density at radius 1 is 1.03 bits per heavy atom. The van der Waals surface area contributed by atoms with Crippen LogP contribution in [0.25, 0.3) is 17.0 Å². The predicted molar refractivity (Wildman–Crippen MR) is 110 cm³/mol. The molecule has 0 spiro atoms. The Balaban J connectivity index is 1.83. The number of para-hydroxylation sites is 3. The van der Waals surface area contributed by atoms with Gasteiger partial charge in [-0.3, -0.25) is 14.9 Å². The van der Waals surface area contributed by atoms with Crippen molar-refractivity contribution in [1.82, 2.24) is 9.88 Å². The number of nitrogens with zero attached hydrogens (tertiary/aromatic N) is 2. The van der Waals surface area contributed by atoms with Crippen LogP contribution in [0.4, 0.5) is 10.5 Å². The number of nitrogens with one attached hydrogen (secondary N) is 1. The van der Waals surface area contributed by atoms with Gasteiger partial charge in [0.1, 0.15) is 11.3 Å². The zero-order chi connectivity index (χ0) is 20.5. The summed E-state index contributed by atoms with van der Waals surface area (Å²) >= 11 is 0. The average Bonchev–Trinajstić information content (AvgIpc) is 3.09. The van der Waals surface area contributed by atoms with E-state index in [4.69, 9.17) is 4.74 Å². The van der Waals surface area contributed by atoms with Gasteiger partial charge in [0.25, 0.3) is 11.8 Å². The molecule has 146 valence electrons. The van der Waals surface area contributed by atoms with Crippen LogP contribution in [0.15, 0.2) is 60.3 Å². The van der Waals surface area contributed by atoms with Crippen LogP contribution in [0.2, 0.25) is 0 Å². The molecule has 0 atom stereocenters. The monoisotopic (exact) mass is 389 g/mol. The highest BCUT2D eigenvalue weighted by Crippen LogP contribution is 2.31. The van der Waals surface area contributed by atoms with E-state index in [-0.39, 0.29) is 11.3 Å². The second-order valence-electron chi connectivity index (χ2n) is 6.52. The number of ether oxygens (including phenoxy) is 1. The summed E-state index contributed by atoms with van der Waals surface area (Å²) in [5, 5.41) is 3.16. The maximum atomic E-state index is 13.1. The Morgan fingerprint density at radius 3 is 2.52 bits per heavy atom. The first-order chi connectivity index (χ1) is 14.0. The number of aromatic nitrogens is 1. The van der Waals surface area contributed by atoms with Gasteiger partial charge in [-0.15, -0.1) is 0 Å². The molecule has 1 aromatic heterocycles. The van der Waals surface area contributed by atoms with E-state index < -0.39 is 17.8 Å². The number of fused-ring (bicyclic) bond motifs is 1. The van der Waals surface area contributed by atoms with Gasteiger partial charge < -0.3 is 9.30 Å². The van der Waals surface area contributed by atoms with Gasteiger partial charge in [0.15, 0.2) is 0 Å². The fourth-order valence-corrected chi connectivity index (χ4v) is 3.50. The number of aryl methyl sites for hydroxylation is 1. The van der Waals surface area contributed by atoms with Crippen molar-refractivity contribution in [3.63, 3.8) is 0 Å². The van der Waals surface area contributed by atoms with Crippen LogP contribution < -0.4 is 15.0 Å². The number of urea groups is 1. The molecular weight excluding hydrogens is 370 g/mol. The summed E-state index contributed by atoms with van der Waals surface area (Å²) in [6.45, 7) is 2.76. The molecule has 0 aliphatic carbocycles. The smallest absolute Gasteiger partial charge is 0.336 e. The molecule has 0 unspecified atom stereocenters. The van der Waals surface area contributed by atoms with Gasteiger partial charge in [-0.05, 0) is 31.2 Å². The lowest BCUT2D eigenvalue weighted by Gasteiger charge is -2.27. The van der Waals surface area contributed by atoms with Crippen LogP contribution in [-0.2, 0) is 16.1 Å². The number of hydrogen-bond donors (Lipinski definition) is 1. The van der Waals surface area contributed by atoms with Crippen LogP contribution in [0, 0.1) is 0 Å². The SMILES string of the molecule is CCn1cc(/C=C2\C(=O)NC(=O)N(c3ccccc3OC)C2=O)c2ccccc21. The fourth-order valence-electron chi connectivity index (χ4n) is 3.50. The second-order valence-corrected chi connectivity index (χ2v) is 6.52. The average molecular weight is 389 g/mol. The van der Waals surface area contributed by atoms with Crippen molar-refractivity contribution >= 4 is 40.5 Å². The summed E-state index contributed by atoms with van der Waals surface area (Å²) in [6, 6.07) is 13.6. The lowest BCUT2D eigenvalue weighted by atomic mass is 10.1. The lowest BCUT2D eigenvalue weighted by Crippen LogP contribution is -2.54. The molecule has 29 heavy (non-hydrogen) atoms. The number of amides is 4. The summed E-state index contributed by atoms with van der Waals surface area (Å²) in [6.07, 6.45) is 3.42. The van der Waals surface area contributed by atoms with Crippen molar-refractivity contribution in [3.8, 4) is 5.75 Å². The topological polar surface area (TPSA) is 80.6 Å². The molecule has 7 nitrogen and oxygen atoms in total. The van der Waals surface area contributed by atoms with E-state index in [1.54, 1.807) is 24.3 Å². The van der Waals surface area contributed by atoms with Gasteiger partial charge in [-0.2, -0.15) is 0 Å². The van der Waals surface area contributed by atoms with E-state index >= 15 is 0 Å². The van der Waals surface area contributed by atoms with Crippen molar-refractivity contribution in [1.29, 1.82) is 0 Å². The van der Waals surface area contributed by atoms with E-state index in [1.165, 1.54) is 13.2 Å². The van der Waals surface area contributed by atoms with E-state index in [1.807, 2.05) is 42.0 Å². The minimum Gasteiger partial charge on any atom is -0.495 e. The standard InChI is InChI=1S/C22H19N3O4/c1-3-24-13-14(15-8-4-5-9-17(15)24)12-16-20(26)23-22(28)25(21(16)27)18-10-6-7-11-19(18)29-2/h4-13H,3H2,1-2H3,(H,23,26,28)/b16-12+. The third kappa shape index (κ3) is 3.06. The number of rotatable bonds is 4. The normalized spacial score (nSPS) is 15.9. The molecule has 3 aromatic rings. The quantitative estimate of drug-likeness (QED) is 0.548. The molecular formula is C22H19N3O4. The van der Waals surface area contributed by atoms with Crippen LogP contribution in [0.1, 0.15) is 12.5 Å². The first-order valence-electron chi connectivity index (χ1n) is 9.17. The third-order valence-corrected chi connectivity index (χ3v) is 4.89. The molecule has 1 fully saturated rings. The zero-order valence-corrected chi connectivity index (χ0v) is 16.0. The summed E-state index contributed by atoms with van der Waals surface area (Å²) in [7, 11) is 1.45. The highest BCUT2D eigenvalue weighted by atomic mass is 16.5. The number of anilines is 1. The molecule has 1 saturated heterocycles. The Labute approximate surface area is 167 Å². The summed E-state index contributed by atoms with van der Waals surface area (Å²) < 4.78 is 7.31. The minimum absolute atomic E-state index is 0.116. The van der Waals surface area contributed by atoms with Crippen molar-refractivity contribution in [2.45, 2.75) is 13.5 Å². The van der Waals surface area contributed by atoms with Gasteiger partial charge in [0.2, 0.25) is 0 Å². The molecule has 1 aliphatic rings. The Bertz CT molecular complexity index is 1180. The highest BCUT2D eigenvalue weighted by Gasteiger charge is 2.38. The van der Waals surface area contributed by atoms with Crippen LogP contribution >= 0.6 is 0 Å². The molecule has 1 aliphatic heterocycles. The van der Waals surface area contributed by atoms with Gasteiger partial charge in [-0.1, -0.05) is 30.3 Å². The number of barbiturate groups is 1. The lowest BCUT2D eigenvalue weighted by molar-refractivity contribution is -0.122. The zero-order valence-electron chi connectivity index (χ0n) is 16.0. The molecule has 4 amide bonds. The number of methoxy groups -OCH3 is 1. The Morgan fingerprint density at radius 2 is 1.76 bits per heavy atom. The number of imide groups is 2. The molecule has 0 radical (unpaired) electrons. The fraction of sp³-hybridized carbons (Fsp3) is 0.136. The first-order valence-corrected chi connectivity index (χ1v) is 9.17. The minimum atomic E-state index is -0.808. The van der Waals surface area contributed by atoms with Crippen molar-refractivity contribution < 1.29 is 19.1 Å². The molecule has 1 N–H and O–H groups in total. The molecule has 7 heteroatoms. The van der Waals surface area contributed by atoms with E-state index in [0.29, 0.717) is 5.75 Å². The van der Waals surface area contributed by atoms with Crippen LogP contribution in [-0.4, -0.2) is 29.5 Å². The molecule has 2 heterocycles. The van der Waals surface area contributed by atoms with E-state index in [0.717, 1.165) is 27.9 Å². The van der Waals surface area contributed by atoms with Crippen LogP contribution in [0.5, 0.6) is 5.75 Å². The number of carbonyl (C=O) groups is 3. The van der Waals surface area contributed by atoms with Gasteiger partial charge in [-0.25, -0.2) is 9.69 Å². The molecule has 0 saturated carbocycles. The maximum Gasteiger partial charge on any atom is 0.336 e. The molecule has 2 aromatic carbocycles.